The van der Waals surface area contributed by atoms with E-state index in [0.29, 0.717) is 5.69 Å². The van der Waals surface area contributed by atoms with Crippen LogP contribution in [0.3, 0.4) is 0 Å². The molecule has 0 fully saturated rings. The highest BCUT2D eigenvalue weighted by Gasteiger charge is 2.22. The maximum Gasteiger partial charge on any atom is 0.229 e. The number of hydrogen-bond donors (Lipinski definition) is 1. The van der Waals surface area contributed by atoms with Crippen LogP contribution in [0.4, 0.5) is 5.69 Å². The van der Waals surface area contributed by atoms with Gasteiger partial charge in [-0.25, -0.2) is 8.42 Å². The zero-order chi connectivity index (χ0) is 14.1. The molecule has 0 aliphatic rings. The van der Waals surface area contributed by atoms with Gasteiger partial charge in [0.15, 0.2) is 9.84 Å². The van der Waals surface area contributed by atoms with E-state index in [2.05, 4.69) is 5.32 Å². The summed E-state index contributed by atoms with van der Waals surface area (Å²) in [6, 6.07) is 4.72. The number of anilines is 1. The number of benzene rings is 1. The van der Waals surface area contributed by atoms with E-state index in [1.165, 1.54) is 12.1 Å². The van der Waals surface area contributed by atoms with Gasteiger partial charge in [0, 0.05) is 17.4 Å². The third-order valence-electron chi connectivity index (χ3n) is 2.57. The third kappa shape index (κ3) is 3.57. The van der Waals surface area contributed by atoms with Crippen molar-refractivity contribution in [3.05, 3.63) is 23.8 Å². The highest BCUT2D eigenvalue weighted by Crippen LogP contribution is 2.23. The van der Waals surface area contributed by atoms with Crippen molar-refractivity contribution < 1.29 is 13.2 Å². The van der Waals surface area contributed by atoms with Gasteiger partial charge in [0.1, 0.15) is 0 Å². The van der Waals surface area contributed by atoms with Crippen LogP contribution in [0.1, 0.15) is 26.3 Å². The zero-order valence-corrected chi connectivity index (χ0v) is 12.2. The molecule has 18 heavy (non-hydrogen) atoms. The molecule has 0 radical (unpaired) electrons. The predicted octanol–water partition coefficient (Wildman–Crippen LogP) is 2.38. The summed E-state index contributed by atoms with van der Waals surface area (Å²) in [5, 5.41) is 2.76. The molecule has 1 N–H and O–H groups in total. The maximum atomic E-state index is 11.9. The number of aryl methyl sites for hydroxylation is 1. The first-order chi connectivity index (χ1) is 8.01. The van der Waals surface area contributed by atoms with Gasteiger partial charge in [-0.1, -0.05) is 26.8 Å². The van der Waals surface area contributed by atoms with Gasteiger partial charge >= 0.3 is 0 Å². The van der Waals surface area contributed by atoms with E-state index in [1.54, 1.807) is 26.8 Å². The van der Waals surface area contributed by atoms with Gasteiger partial charge in [0.05, 0.1) is 4.90 Å². The number of rotatable bonds is 2. The van der Waals surface area contributed by atoms with E-state index in [9.17, 15) is 13.2 Å². The van der Waals surface area contributed by atoms with Crippen molar-refractivity contribution in [2.75, 3.05) is 11.6 Å². The summed E-state index contributed by atoms with van der Waals surface area (Å²) in [7, 11) is -3.26. The lowest BCUT2D eigenvalue weighted by Gasteiger charge is -2.19. The molecular formula is C13H19NO3S. The minimum absolute atomic E-state index is 0.142. The van der Waals surface area contributed by atoms with Crippen LogP contribution < -0.4 is 5.32 Å². The van der Waals surface area contributed by atoms with Gasteiger partial charge in [-0.15, -0.1) is 0 Å². The Bertz CT molecular complexity index is 568. The Morgan fingerprint density at radius 3 is 2.22 bits per heavy atom. The van der Waals surface area contributed by atoms with Gasteiger partial charge in [-0.3, -0.25) is 4.79 Å². The lowest BCUT2D eigenvalue weighted by Crippen LogP contribution is -2.28. The largest absolute Gasteiger partial charge is 0.325 e. The van der Waals surface area contributed by atoms with Crippen molar-refractivity contribution in [2.24, 2.45) is 5.41 Å². The summed E-state index contributed by atoms with van der Waals surface area (Å²) in [6.45, 7) is 7.23. The Morgan fingerprint density at radius 2 is 1.78 bits per heavy atom. The number of sulfone groups is 1. The monoisotopic (exact) mass is 269 g/mol. The van der Waals surface area contributed by atoms with E-state index < -0.39 is 15.3 Å². The summed E-state index contributed by atoms with van der Waals surface area (Å²) in [6.07, 6.45) is 1.15. The second kappa shape index (κ2) is 4.72. The van der Waals surface area contributed by atoms with E-state index in [-0.39, 0.29) is 10.8 Å². The van der Waals surface area contributed by atoms with E-state index in [0.717, 1.165) is 11.8 Å². The normalized spacial score (nSPS) is 12.3. The second-order valence-electron chi connectivity index (χ2n) is 5.45. The molecular weight excluding hydrogens is 250 g/mol. The van der Waals surface area contributed by atoms with Gasteiger partial charge < -0.3 is 5.32 Å². The van der Waals surface area contributed by atoms with Crippen LogP contribution in [0.2, 0.25) is 0 Å². The Hall–Kier alpha value is -1.36. The fourth-order valence-electron chi connectivity index (χ4n) is 1.28. The molecule has 1 amide bonds. The molecule has 0 aliphatic carbocycles. The number of nitrogens with one attached hydrogen (secondary N) is 1. The predicted molar refractivity (Wildman–Crippen MR) is 72.4 cm³/mol. The third-order valence-corrected chi connectivity index (χ3v) is 3.68. The average Bonchev–Trinajstić information content (AvgIpc) is 2.18. The van der Waals surface area contributed by atoms with Crippen LogP contribution in [0, 0.1) is 12.3 Å². The summed E-state index contributed by atoms with van der Waals surface area (Å²) in [4.78, 5) is 12.1. The Kier molecular flexibility index (Phi) is 3.86. The SMILES string of the molecule is Cc1ccc(S(C)(=O)=O)cc1NC(=O)C(C)(C)C. The fourth-order valence-corrected chi connectivity index (χ4v) is 1.92. The van der Waals surface area contributed by atoms with Crippen LogP contribution in [0.25, 0.3) is 0 Å². The number of amides is 1. The van der Waals surface area contributed by atoms with E-state index in [1.807, 2.05) is 6.92 Å². The summed E-state index contributed by atoms with van der Waals surface area (Å²) in [5.74, 6) is -0.142. The van der Waals surface area contributed by atoms with Gasteiger partial charge in [-0.05, 0) is 24.6 Å². The molecule has 0 aliphatic heterocycles. The van der Waals surface area contributed by atoms with Crippen molar-refractivity contribution in [3.8, 4) is 0 Å². The molecule has 5 heteroatoms. The molecule has 0 saturated carbocycles. The molecule has 100 valence electrons. The first kappa shape index (κ1) is 14.7. The van der Waals surface area contributed by atoms with Crippen molar-refractivity contribution in [1.82, 2.24) is 0 Å². The highest BCUT2D eigenvalue weighted by atomic mass is 32.2. The number of carbonyl (C=O) groups is 1. The minimum Gasteiger partial charge on any atom is -0.325 e. The molecule has 1 aromatic carbocycles. The molecule has 0 saturated heterocycles. The lowest BCUT2D eigenvalue weighted by molar-refractivity contribution is -0.123. The molecule has 0 heterocycles. The molecule has 0 spiro atoms. The van der Waals surface area contributed by atoms with E-state index >= 15 is 0 Å². The fraction of sp³-hybridized carbons (Fsp3) is 0.462. The molecule has 1 rings (SSSR count). The van der Waals surface area contributed by atoms with Crippen molar-refractivity contribution in [3.63, 3.8) is 0 Å². The van der Waals surface area contributed by atoms with E-state index in [4.69, 9.17) is 0 Å². The molecule has 4 nitrogen and oxygen atoms in total. The van der Waals surface area contributed by atoms with Crippen LogP contribution in [-0.4, -0.2) is 20.6 Å². The average molecular weight is 269 g/mol. The Morgan fingerprint density at radius 1 is 1.22 bits per heavy atom. The summed E-state index contributed by atoms with van der Waals surface area (Å²) in [5.41, 5.74) is 0.853. The Labute approximate surface area is 108 Å². The first-order valence-corrected chi connectivity index (χ1v) is 7.53. The van der Waals surface area contributed by atoms with Gasteiger partial charge in [-0.2, -0.15) is 0 Å². The lowest BCUT2D eigenvalue weighted by atomic mass is 9.95. The first-order valence-electron chi connectivity index (χ1n) is 5.64. The minimum atomic E-state index is -3.26. The molecule has 1 aromatic rings. The van der Waals surface area contributed by atoms with Gasteiger partial charge in [0.2, 0.25) is 5.91 Å². The zero-order valence-electron chi connectivity index (χ0n) is 11.4. The molecule has 0 atom stereocenters. The smallest absolute Gasteiger partial charge is 0.229 e. The number of carbonyl (C=O) groups excluding carboxylic acids is 1. The van der Waals surface area contributed by atoms with Crippen LogP contribution >= 0.6 is 0 Å². The Balaban J connectivity index is 3.14. The topological polar surface area (TPSA) is 63.2 Å². The quantitative estimate of drug-likeness (QED) is 0.896. The maximum absolute atomic E-state index is 11.9. The molecule has 0 bridgehead atoms. The second-order valence-corrected chi connectivity index (χ2v) is 7.47. The molecule has 0 aromatic heterocycles. The highest BCUT2D eigenvalue weighted by molar-refractivity contribution is 7.90. The van der Waals surface area contributed by atoms with Crippen LogP contribution in [-0.2, 0) is 14.6 Å². The van der Waals surface area contributed by atoms with Crippen molar-refractivity contribution in [2.45, 2.75) is 32.6 Å². The van der Waals surface area contributed by atoms with Gasteiger partial charge in [0.25, 0.3) is 0 Å². The van der Waals surface area contributed by atoms with Crippen molar-refractivity contribution >= 4 is 21.4 Å². The van der Waals surface area contributed by atoms with Crippen molar-refractivity contribution in [1.29, 1.82) is 0 Å². The van der Waals surface area contributed by atoms with Crippen LogP contribution in [0.15, 0.2) is 23.1 Å². The number of hydrogen-bond acceptors (Lipinski definition) is 3. The summed E-state index contributed by atoms with van der Waals surface area (Å²) < 4.78 is 22.9. The molecule has 0 unspecified atom stereocenters. The van der Waals surface area contributed by atoms with Crippen LogP contribution in [0.5, 0.6) is 0 Å². The standard InChI is InChI=1S/C13H19NO3S/c1-9-6-7-10(18(5,16)17)8-11(9)14-12(15)13(2,3)4/h6-8H,1-5H3,(H,14,15). The summed E-state index contributed by atoms with van der Waals surface area (Å²) >= 11 is 0.